The Bertz CT molecular complexity index is 938. The van der Waals surface area contributed by atoms with Crippen LogP contribution in [0.2, 0.25) is 0 Å². The van der Waals surface area contributed by atoms with Crippen molar-refractivity contribution < 1.29 is 14.9 Å². The van der Waals surface area contributed by atoms with E-state index in [-0.39, 0.29) is 6.61 Å². The Hall–Kier alpha value is -2.66. The number of allylic oxidation sites excluding steroid dienone is 4. The van der Waals surface area contributed by atoms with E-state index in [0.29, 0.717) is 12.8 Å². The number of ether oxygens (including phenoxy) is 1. The third kappa shape index (κ3) is 5.34. The highest BCUT2D eigenvalue weighted by molar-refractivity contribution is 6.00. The Morgan fingerprint density at radius 2 is 1.71 bits per heavy atom. The number of benzene rings is 2. The van der Waals surface area contributed by atoms with Crippen LogP contribution in [0.5, 0.6) is 0 Å². The summed E-state index contributed by atoms with van der Waals surface area (Å²) in [7, 11) is 0. The molecule has 31 heavy (non-hydrogen) atoms. The van der Waals surface area contributed by atoms with E-state index in [2.05, 4.69) is 59.5 Å². The molecule has 0 aromatic heterocycles. The van der Waals surface area contributed by atoms with Gasteiger partial charge in [-0.2, -0.15) is 0 Å². The molecule has 1 saturated heterocycles. The molecule has 1 aliphatic carbocycles. The zero-order valence-electron chi connectivity index (χ0n) is 17.9. The molecule has 2 aliphatic rings. The molecule has 1 unspecified atom stereocenters. The Morgan fingerprint density at radius 1 is 0.968 bits per heavy atom. The van der Waals surface area contributed by atoms with Crippen molar-refractivity contribution in [1.82, 2.24) is 0 Å². The highest BCUT2D eigenvalue weighted by atomic mass is 16.5. The first-order valence-corrected chi connectivity index (χ1v) is 11.2. The van der Waals surface area contributed by atoms with Gasteiger partial charge in [-0.15, -0.1) is 0 Å². The lowest BCUT2D eigenvalue weighted by molar-refractivity contribution is 0.122. The number of rotatable bonds is 7. The molecule has 0 spiro atoms. The van der Waals surface area contributed by atoms with Gasteiger partial charge in [0.15, 0.2) is 0 Å². The average molecular weight is 418 g/mol. The van der Waals surface area contributed by atoms with Crippen LogP contribution in [0, 0.1) is 0 Å². The van der Waals surface area contributed by atoms with E-state index in [0.717, 1.165) is 43.9 Å². The highest BCUT2D eigenvalue weighted by Gasteiger charge is 2.18. The summed E-state index contributed by atoms with van der Waals surface area (Å²) in [6, 6.07) is 19.2. The summed E-state index contributed by atoms with van der Waals surface area (Å²) in [6.07, 6.45) is 7.70. The van der Waals surface area contributed by atoms with Crippen molar-refractivity contribution in [2.45, 2.75) is 25.4 Å². The Morgan fingerprint density at radius 3 is 2.35 bits per heavy atom. The normalized spacial score (nSPS) is 19.7. The van der Waals surface area contributed by atoms with E-state index in [1.54, 1.807) is 0 Å². The summed E-state index contributed by atoms with van der Waals surface area (Å²) >= 11 is 0. The maximum atomic E-state index is 9.96. The molecular weight excluding hydrogens is 386 g/mol. The molecule has 1 atom stereocenters. The van der Waals surface area contributed by atoms with Gasteiger partial charge < -0.3 is 19.8 Å². The lowest BCUT2D eigenvalue weighted by Gasteiger charge is -2.29. The maximum Gasteiger partial charge on any atom is 0.0758 e. The summed E-state index contributed by atoms with van der Waals surface area (Å²) in [4.78, 5) is 2.36. The summed E-state index contributed by atoms with van der Waals surface area (Å²) in [5.41, 5.74) is 7.06. The summed E-state index contributed by atoms with van der Waals surface area (Å²) in [5, 5.41) is 19.5. The van der Waals surface area contributed by atoms with Gasteiger partial charge in [-0.05, 0) is 59.2 Å². The topological polar surface area (TPSA) is 52.9 Å². The number of hydrogen-bond acceptors (Lipinski definition) is 4. The van der Waals surface area contributed by atoms with Crippen LogP contribution >= 0.6 is 0 Å². The summed E-state index contributed by atoms with van der Waals surface area (Å²) in [5.74, 6) is 0. The number of nitrogens with zero attached hydrogens (tertiary/aromatic N) is 1. The third-order valence-corrected chi connectivity index (χ3v) is 5.91. The van der Waals surface area contributed by atoms with Crippen LogP contribution in [0.3, 0.4) is 0 Å². The second kappa shape index (κ2) is 10.6. The third-order valence-electron chi connectivity index (χ3n) is 5.91. The van der Waals surface area contributed by atoms with Crippen molar-refractivity contribution >= 4 is 16.8 Å². The van der Waals surface area contributed by atoms with E-state index in [4.69, 9.17) is 4.74 Å². The number of morpholine rings is 1. The number of hydrogen-bond donors (Lipinski definition) is 2. The van der Waals surface area contributed by atoms with Crippen LogP contribution < -0.4 is 4.90 Å². The first-order valence-electron chi connectivity index (χ1n) is 11.2. The molecule has 0 saturated carbocycles. The van der Waals surface area contributed by atoms with Crippen LogP contribution in [0.4, 0.5) is 5.69 Å². The monoisotopic (exact) mass is 417 g/mol. The van der Waals surface area contributed by atoms with Crippen molar-refractivity contribution in [3.05, 3.63) is 89.5 Å². The second-order valence-electron chi connectivity index (χ2n) is 8.01. The first kappa shape index (κ1) is 21.6. The van der Waals surface area contributed by atoms with Gasteiger partial charge >= 0.3 is 0 Å². The van der Waals surface area contributed by atoms with Gasteiger partial charge in [0.05, 0.1) is 19.3 Å². The molecule has 2 aromatic carbocycles. The molecule has 0 amide bonds. The van der Waals surface area contributed by atoms with Crippen molar-refractivity contribution in [3.8, 4) is 0 Å². The Kier molecular flexibility index (Phi) is 7.36. The lowest BCUT2D eigenvalue weighted by Crippen LogP contribution is -2.36. The van der Waals surface area contributed by atoms with Crippen molar-refractivity contribution in [1.29, 1.82) is 0 Å². The second-order valence-corrected chi connectivity index (χ2v) is 8.01. The molecular formula is C27H31NO3. The standard InChI is InChI=1S/C27H31NO3/c29-18-4-7-26(21-5-2-1-3-6-21)27(23-10-14-25(30)15-11-23)22-8-12-24(13-9-22)28-16-19-31-20-17-28/h1-3,5-6,8-14,25,29-30H,4,7,15-20H2/b27-26+. The van der Waals surface area contributed by atoms with Gasteiger partial charge in [-0.25, -0.2) is 0 Å². The molecule has 1 heterocycles. The molecule has 1 fully saturated rings. The molecule has 2 aromatic rings. The molecule has 4 rings (SSSR count). The van der Waals surface area contributed by atoms with Crippen LogP contribution in [0.1, 0.15) is 30.4 Å². The zero-order valence-corrected chi connectivity index (χ0v) is 17.9. The van der Waals surface area contributed by atoms with Crippen molar-refractivity contribution in [2.75, 3.05) is 37.8 Å². The molecule has 1 aliphatic heterocycles. The van der Waals surface area contributed by atoms with Gasteiger partial charge in [-0.1, -0.05) is 60.7 Å². The molecule has 162 valence electrons. The fourth-order valence-corrected chi connectivity index (χ4v) is 4.28. The number of aliphatic hydroxyl groups excluding tert-OH is 2. The predicted octanol–water partition coefficient (Wildman–Crippen LogP) is 4.45. The fraction of sp³-hybridized carbons (Fsp3) is 0.333. The van der Waals surface area contributed by atoms with Crippen molar-refractivity contribution in [3.63, 3.8) is 0 Å². The highest BCUT2D eigenvalue weighted by Crippen LogP contribution is 2.37. The summed E-state index contributed by atoms with van der Waals surface area (Å²) in [6.45, 7) is 3.53. The lowest BCUT2D eigenvalue weighted by atomic mass is 9.85. The minimum Gasteiger partial charge on any atom is -0.396 e. The molecule has 0 bridgehead atoms. The van der Waals surface area contributed by atoms with Gasteiger partial charge in [0, 0.05) is 25.4 Å². The number of aliphatic hydroxyl groups is 2. The largest absolute Gasteiger partial charge is 0.396 e. The molecule has 4 heteroatoms. The maximum absolute atomic E-state index is 9.96. The van der Waals surface area contributed by atoms with E-state index >= 15 is 0 Å². The van der Waals surface area contributed by atoms with Gasteiger partial charge in [0.2, 0.25) is 0 Å². The Labute approximate surface area is 184 Å². The SMILES string of the molecule is OCCC/C(=C(\C1=CCC(O)C=C1)c1ccc(N2CCOCC2)cc1)c1ccccc1. The van der Waals surface area contributed by atoms with Crippen LogP contribution in [-0.4, -0.2) is 49.2 Å². The smallest absolute Gasteiger partial charge is 0.0758 e. The van der Waals surface area contributed by atoms with Gasteiger partial charge in [0.25, 0.3) is 0 Å². The van der Waals surface area contributed by atoms with Crippen LogP contribution in [0.25, 0.3) is 11.1 Å². The predicted molar refractivity (Wildman–Crippen MR) is 127 cm³/mol. The average Bonchev–Trinajstić information content (AvgIpc) is 2.84. The Balaban J connectivity index is 1.78. The van der Waals surface area contributed by atoms with Gasteiger partial charge in [-0.3, -0.25) is 0 Å². The molecule has 2 N–H and O–H groups in total. The minimum absolute atomic E-state index is 0.160. The summed E-state index contributed by atoms with van der Waals surface area (Å²) < 4.78 is 5.48. The van der Waals surface area contributed by atoms with E-state index in [9.17, 15) is 10.2 Å². The van der Waals surface area contributed by atoms with E-state index in [1.807, 2.05) is 18.2 Å². The quantitative estimate of drug-likeness (QED) is 0.654. The minimum atomic E-state index is -0.425. The fourth-order valence-electron chi connectivity index (χ4n) is 4.28. The van der Waals surface area contributed by atoms with Crippen LogP contribution in [-0.2, 0) is 4.74 Å². The van der Waals surface area contributed by atoms with E-state index < -0.39 is 6.10 Å². The zero-order chi connectivity index (χ0) is 21.5. The van der Waals surface area contributed by atoms with Crippen molar-refractivity contribution in [2.24, 2.45) is 0 Å². The van der Waals surface area contributed by atoms with E-state index in [1.165, 1.54) is 22.4 Å². The molecule has 4 nitrogen and oxygen atoms in total. The van der Waals surface area contributed by atoms with Gasteiger partial charge in [0.1, 0.15) is 0 Å². The first-order chi connectivity index (χ1) is 15.3. The van der Waals surface area contributed by atoms with Crippen LogP contribution in [0.15, 0.2) is 78.4 Å². The molecule has 0 radical (unpaired) electrons. The number of anilines is 1.